The molecule has 1 heterocycles. The van der Waals surface area contributed by atoms with Crippen molar-refractivity contribution in [3.8, 4) is 5.69 Å². The maximum atomic E-state index is 6.22. The van der Waals surface area contributed by atoms with E-state index >= 15 is 0 Å². The standard InChI is InChI=1S/C14H8Br2Cl2N2/c15-8-3-1-4-9(16)14(8)20-11-6-2-5-10(18)13(11)19-12(20)7-17/h1-6H,7H2. The van der Waals surface area contributed by atoms with Gasteiger partial charge in [-0.05, 0) is 56.1 Å². The number of halogens is 4. The largest absolute Gasteiger partial charge is 0.293 e. The summed E-state index contributed by atoms with van der Waals surface area (Å²) in [5.41, 5.74) is 2.65. The zero-order valence-electron chi connectivity index (χ0n) is 10.1. The van der Waals surface area contributed by atoms with Crippen LogP contribution in [0.2, 0.25) is 5.02 Å². The van der Waals surface area contributed by atoms with Gasteiger partial charge in [-0.15, -0.1) is 11.6 Å². The van der Waals surface area contributed by atoms with Crippen molar-refractivity contribution in [2.45, 2.75) is 5.88 Å². The molecule has 0 unspecified atom stereocenters. The van der Waals surface area contributed by atoms with Crippen LogP contribution < -0.4 is 0 Å². The fourth-order valence-corrected chi connectivity index (χ4v) is 3.90. The summed E-state index contributed by atoms with van der Waals surface area (Å²) < 4.78 is 3.93. The second kappa shape index (κ2) is 5.68. The number of para-hydroxylation sites is 2. The van der Waals surface area contributed by atoms with Gasteiger partial charge in [-0.1, -0.05) is 23.7 Å². The van der Waals surface area contributed by atoms with Crippen LogP contribution >= 0.6 is 55.1 Å². The van der Waals surface area contributed by atoms with Crippen molar-refractivity contribution in [2.24, 2.45) is 0 Å². The monoisotopic (exact) mass is 432 g/mol. The molecule has 0 atom stereocenters. The molecule has 0 amide bonds. The molecule has 0 N–H and O–H groups in total. The topological polar surface area (TPSA) is 17.8 Å². The van der Waals surface area contributed by atoms with Gasteiger partial charge in [0.25, 0.3) is 0 Å². The Labute approximate surface area is 143 Å². The molecular weight excluding hydrogens is 427 g/mol. The molecule has 0 spiro atoms. The minimum atomic E-state index is 0.304. The van der Waals surface area contributed by atoms with Crippen molar-refractivity contribution in [3.63, 3.8) is 0 Å². The lowest BCUT2D eigenvalue weighted by Gasteiger charge is -2.12. The molecule has 0 saturated carbocycles. The number of rotatable bonds is 2. The summed E-state index contributed by atoms with van der Waals surface area (Å²) in [6, 6.07) is 11.6. The Hall–Kier alpha value is -0.550. The molecule has 3 aromatic rings. The van der Waals surface area contributed by atoms with E-state index in [-0.39, 0.29) is 0 Å². The van der Waals surface area contributed by atoms with E-state index in [0.29, 0.717) is 10.9 Å². The number of nitrogens with zero attached hydrogens (tertiary/aromatic N) is 2. The average molecular weight is 435 g/mol. The smallest absolute Gasteiger partial charge is 0.129 e. The van der Waals surface area contributed by atoms with Gasteiger partial charge >= 0.3 is 0 Å². The van der Waals surface area contributed by atoms with Gasteiger partial charge in [0, 0.05) is 8.95 Å². The van der Waals surface area contributed by atoms with E-state index < -0.39 is 0 Å². The second-order valence-corrected chi connectivity index (χ2v) is 6.56. The van der Waals surface area contributed by atoms with Crippen LogP contribution in [0.25, 0.3) is 16.7 Å². The molecule has 6 heteroatoms. The molecular formula is C14H8Br2Cl2N2. The molecule has 0 radical (unpaired) electrons. The number of benzene rings is 2. The summed E-state index contributed by atoms with van der Waals surface area (Å²) in [5, 5.41) is 0.621. The Morgan fingerprint density at radius 2 is 1.70 bits per heavy atom. The van der Waals surface area contributed by atoms with E-state index in [1.165, 1.54) is 0 Å². The normalized spacial score (nSPS) is 11.2. The van der Waals surface area contributed by atoms with E-state index in [2.05, 4.69) is 36.8 Å². The molecule has 3 rings (SSSR count). The van der Waals surface area contributed by atoms with Crippen LogP contribution in [0, 0.1) is 0 Å². The highest BCUT2D eigenvalue weighted by Gasteiger charge is 2.17. The number of imidazole rings is 1. The molecule has 0 aliphatic carbocycles. The maximum absolute atomic E-state index is 6.22. The molecule has 0 saturated heterocycles. The van der Waals surface area contributed by atoms with Crippen LogP contribution in [0.3, 0.4) is 0 Å². The van der Waals surface area contributed by atoms with Gasteiger partial charge in [0.05, 0.1) is 22.1 Å². The highest BCUT2D eigenvalue weighted by molar-refractivity contribution is 9.11. The first-order valence-corrected chi connectivity index (χ1v) is 8.29. The first-order valence-electron chi connectivity index (χ1n) is 5.79. The summed E-state index contributed by atoms with van der Waals surface area (Å²) >= 11 is 19.4. The summed E-state index contributed by atoms with van der Waals surface area (Å²) in [6.07, 6.45) is 0. The Morgan fingerprint density at radius 1 is 1.05 bits per heavy atom. The van der Waals surface area contributed by atoms with Crippen LogP contribution in [-0.2, 0) is 5.88 Å². The van der Waals surface area contributed by atoms with Crippen LogP contribution in [0.15, 0.2) is 45.3 Å². The van der Waals surface area contributed by atoms with E-state index in [1.807, 2.05) is 41.0 Å². The summed E-state index contributed by atoms with van der Waals surface area (Å²) in [6.45, 7) is 0. The molecule has 20 heavy (non-hydrogen) atoms. The Bertz CT molecular complexity index is 779. The van der Waals surface area contributed by atoms with Crippen molar-refractivity contribution < 1.29 is 0 Å². The van der Waals surface area contributed by atoms with Crippen molar-refractivity contribution >= 4 is 66.1 Å². The maximum Gasteiger partial charge on any atom is 0.129 e. The van der Waals surface area contributed by atoms with Crippen molar-refractivity contribution in [2.75, 3.05) is 0 Å². The molecule has 1 aromatic heterocycles. The van der Waals surface area contributed by atoms with Gasteiger partial charge in [-0.3, -0.25) is 4.57 Å². The molecule has 0 aliphatic heterocycles. The third-order valence-corrected chi connectivity index (χ3v) is 4.81. The number of hydrogen-bond donors (Lipinski definition) is 0. The van der Waals surface area contributed by atoms with Crippen LogP contribution in [-0.4, -0.2) is 9.55 Å². The van der Waals surface area contributed by atoms with E-state index in [0.717, 1.165) is 31.5 Å². The van der Waals surface area contributed by atoms with Gasteiger partial charge < -0.3 is 0 Å². The molecule has 0 fully saturated rings. The van der Waals surface area contributed by atoms with Crippen molar-refractivity contribution in [3.05, 3.63) is 56.2 Å². The third kappa shape index (κ3) is 2.29. The van der Waals surface area contributed by atoms with E-state index in [4.69, 9.17) is 23.2 Å². The summed E-state index contributed by atoms with van der Waals surface area (Å²) in [4.78, 5) is 4.55. The number of hydrogen-bond acceptors (Lipinski definition) is 1. The quantitative estimate of drug-likeness (QED) is 0.456. The summed E-state index contributed by atoms with van der Waals surface area (Å²) in [7, 11) is 0. The molecule has 102 valence electrons. The highest BCUT2D eigenvalue weighted by atomic mass is 79.9. The Morgan fingerprint density at radius 3 is 2.35 bits per heavy atom. The Kier molecular flexibility index (Phi) is 4.09. The van der Waals surface area contributed by atoms with Crippen LogP contribution in [0.1, 0.15) is 5.82 Å². The first-order chi connectivity index (χ1) is 9.63. The third-order valence-electron chi connectivity index (χ3n) is 2.99. The zero-order chi connectivity index (χ0) is 14.3. The fourth-order valence-electron chi connectivity index (χ4n) is 2.15. The lowest BCUT2D eigenvalue weighted by atomic mass is 10.2. The van der Waals surface area contributed by atoms with Gasteiger partial charge in [0.2, 0.25) is 0 Å². The molecule has 2 nitrogen and oxygen atoms in total. The predicted octanol–water partition coefficient (Wildman–Crippen LogP) is 5.94. The minimum Gasteiger partial charge on any atom is -0.293 e. The zero-order valence-corrected chi connectivity index (χ0v) is 14.8. The van der Waals surface area contributed by atoms with Crippen molar-refractivity contribution in [1.29, 1.82) is 0 Å². The van der Waals surface area contributed by atoms with E-state index in [1.54, 1.807) is 0 Å². The van der Waals surface area contributed by atoms with Gasteiger partial charge in [0.15, 0.2) is 0 Å². The molecule has 2 aromatic carbocycles. The van der Waals surface area contributed by atoms with Crippen LogP contribution in [0.4, 0.5) is 0 Å². The number of aromatic nitrogens is 2. The number of fused-ring (bicyclic) bond motifs is 1. The van der Waals surface area contributed by atoms with Gasteiger partial charge in [-0.25, -0.2) is 4.98 Å². The highest BCUT2D eigenvalue weighted by Crippen LogP contribution is 2.34. The SMILES string of the molecule is ClCc1nc2c(Cl)cccc2n1-c1c(Br)cccc1Br. The van der Waals surface area contributed by atoms with Crippen molar-refractivity contribution in [1.82, 2.24) is 9.55 Å². The lowest BCUT2D eigenvalue weighted by molar-refractivity contribution is 0.972. The number of alkyl halides is 1. The summed E-state index contributed by atoms with van der Waals surface area (Å²) in [5.74, 6) is 1.06. The van der Waals surface area contributed by atoms with Crippen LogP contribution in [0.5, 0.6) is 0 Å². The minimum absolute atomic E-state index is 0.304. The molecule has 0 aliphatic rings. The first kappa shape index (κ1) is 14.4. The van der Waals surface area contributed by atoms with Gasteiger partial charge in [0.1, 0.15) is 11.3 Å². The predicted molar refractivity (Wildman–Crippen MR) is 91.0 cm³/mol. The molecule has 0 bridgehead atoms. The van der Waals surface area contributed by atoms with E-state index in [9.17, 15) is 0 Å². The van der Waals surface area contributed by atoms with Gasteiger partial charge in [-0.2, -0.15) is 0 Å². The lowest BCUT2D eigenvalue weighted by Crippen LogP contribution is -2.01. The average Bonchev–Trinajstić information content (AvgIpc) is 2.79. The fraction of sp³-hybridized carbons (Fsp3) is 0.0714. The Balaban J connectivity index is 2.44. The second-order valence-electron chi connectivity index (χ2n) is 4.17.